The van der Waals surface area contributed by atoms with Crippen LogP contribution in [0.25, 0.3) is 0 Å². The fraction of sp³-hybridized carbons (Fsp3) is 0.500. The third kappa shape index (κ3) is 4.47. The van der Waals surface area contributed by atoms with Crippen molar-refractivity contribution in [3.05, 3.63) is 35.4 Å². The quantitative estimate of drug-likeness (QED) is 0.620. The normalized spacial score (nSPS) is 13.8. The molecule has 1 aromatic rings. The summed E-state index contributed by atoms with van der Waals surface area (Å²) in [5, 5.41) is 3.22. The zero-order valence-electron chi connectivity index (χ0n) is 11.2. The Balaban J connectivity index is 2.63. The summed E-state index contributed by atoms with van der Waals surface area (Å²) in [6.07, 6.45) is 0. The van der Waals surface area contributed by atoms with E-state index in [1.807, 2.05) is 12.1 Å². The average Bonchev–Trinajstić information content (AvgIpc) is 2.26. The molecule has 0 heterocycles. The first-order valence-corrected chi connectivity index (χ1v) is 6.12. The van der Waals surface area contributed by atoms with Gasteiger partial charge < -0.3 is 11.1 Å². The second-order valence-electron chi connectivity index (χ2n) is 4.84. The van der Waals surface area contributed by atoms with Crippen molar-refractivity contribution in [1.29, 1.82) is 0 Å². The molecule has 1 aromatic carbocycles. The fourth-order valence-electron chi connectivity index (χ4n) is 1.70. The minimum absolute atomic E-state index is 0.187. The maximum absolute atomic E-state index is 5.85. The molecule has 0 fully saturated rings. The largest absolute Gasteiger partial charge is 0.370 e. The Morgan fingerprint density at radius 1 is 1.29 bits per heavy atom. The van der Waals surface area contributed by atoms with Gasteiger partial charge in [0.2, 0.25) is 0 Å². The zero-order chi connectivity index (χ0) is 12.8. The molecular formula is C14H23N3. The monoisotopic (exact) mass is 233 g/mol. The number of nitrogens with two attached hydrogens (primary N) is 1. The van der Waals surface area contributed by atoms with E-state index < -0.39 is 0 Å². The number of aliphatic imine (C=N–C) groups is 1. The average molecular weight is 233 g/mol. The highest BCUT2D eigenvalue weighted by atomic mass is 15.1. The number of hydrogen-bond acceptors (Lipinski definition) is 1. The van der Waals surface area contributed by atoms with Gasteiger partial charge in [-0.3, -0.25) is 4.99 Å². The molecular weight excluding hydrogens is 210 g/mol. The Bertz CT molecular complexity index is 383. The number of nitrogens with zero attached hydrogens (tertiary/aromatic N) is 1. The van der Waals surface area contributed by atoms with Crippen LogP contribution in [0.1, 0.15) is 37.9 Å². The van der Waals surface area contributed by atoms with Gasteiger partial charge in [0, 0.05) is 6.54 Å². The van der Waals surface area contributed by atoms with E-state index in [2.05, 4.69) is 50.1 Å². The molecule has 1 rings (SSSR count). The van der Waals surface area contributed by atoms with Crippen molar-refractivity contribution in [2.45, 2.75) is 33.7 Å². The highest BCUT2D eigenvalue weighted by molar-refractivity contribution is 5.78. The fourth-order valence-corrected chi connectivity index (χ4v) is 1.70. The van der Waals surface area contributed by atoms with Crippen molar-refractivity contribution >= 4 is 5.96 Å². The van der Waals surface area contributed by atoms with E-state index in [9.17, 15) is 0 Å². The summed E-state index contributed by atoms with van der Waals surface area (Å²) in [6.45, 7) is 9.22. The Morgan fingerprint density at radius 3 is 2.53 bits per heavy atom. The summed E-state index contributed by atoms with van der Waals surface area (Å²) < 4.78 is 0. The highest BCUT2D eigenvalue weighted by Crippen LogP contribution is 2.16. The zero-order valence-corrected chi connectivity index (χ0v) is 11.2. The second kappa shape index (κ2) is 6.28. The SMILES string of the molecule is Cc1ccccc1C(C)NC(N)=NCC(C)C. The van der Waals surface area contributed by atoms with Crippen LogP contribution in [0, 0.1) is 12.8 Å². The number of hydrogen-bond donors (Lipinski definition) is 2. The van der Waals surface area contributed by atoms with Gasteiger partial charge in [0.05, 0.1) is 6.04 Å². The Labute approximate surface area is 104 Å². The molecule has 0 spiro atoms. The molecule has 1 atom stereocenters. The van der Waals surface area contributed by atoms with Crippen LogP contribution in [0.5, 0.6) is 0 Å². The first-order valence-electron chi connectivity index (χ1n) is 6.12. The van der Waals surface area contributed by atoms with Crippen molar-refractivity contribution in [2.24, 2.45) is 16.6 Å². The molecule has 0 aromatic heterocycles. The summed E-state index contributed by atoms with van der Waals surface area (Å²) in [6, 6.07) is 8.49. The van der Waals surface area contributed by atoms with Gasteiger partial charge in [-0.15, -0.1) is 0 Å². The first-order chi connectivity index (χ1) is 8.00. The van der Waals surface area contributed by atoms with Gasteiger partial charge in [-0.2, -0.15) is 0 Å². The number of nitrogens with one attached hydrogen (secondary N) is 1. The maximum Gasteiger partial charge on any atom is 0.189 e. The minimum Gasteiger partial charge on any atom is -0.370 e. The molecule has 0 aliphatic carbocycles. The van der Waals surface area contributed by atoms with E-state index in [-0.39, 0.29) is 6.04 Å². The van der Waals surface area contributed by atoms with E-state index in [4.69, 9.17) is 5.73 Å². The molecule has 0 aliphatic rings. The molecule has 1 unspecified atom stereocenters. The standard InChI is InChI=1S/C14H23N3/c1-10(2)9-16-14(15)17-12(4)13-8-6-5-7-11(13)3/h5-8,10,12H,9H2,1-4H3,(H3,15,16,17). The van der Waals surface area contributed by atoms with E-state index in [0.29, 0.717) is 11.9 Å². The summed E-state index contributed by atoms with van der Waals surface area (Å²) in [5.74, 6) is 1.05. The second-order valence-corrected chi connectivity index (χ2v) is 4.84. The summed E-state index contributed by atoms with van der Waals surface area (Å²) in [4.78, 5) is 4.30. The highest BCUT2D eigenvalue weighted by Gasteiger charge is 2.07. The first kappa shape index (κ1) is 13.6. The summed E-state index contributed by atoms with van der Waals surface area (Å²) in [5.41, 5.74) is 8.38. The van der Waals surface area contributed by atoms with E-state index >= 15 is 0 Å². The summed E-state index contributed by atoms with van der Waals surface area (Å²) >= 11 is 0. The third-order valence-electron chi connectivity index (χ3n) is 2.65. The summed E-state index contributed by atoms with van der Waals surface area (Å²) in [7, 11) is 0. The van der Waals surface area contributed by atoms with Crippen LogP contribution in [0.2, 0.25) is 0 Å². The predicted molar refractivity (Wildman–Crippen MR) is 74.1 cm³/mol. The van der Waals surface area contributed by atoms with Crippen LogP contribution in [0.4, 0.5) is 0 Å². The van der Waals surface area contributed by atoms with Crippen molar-refractivity contribution in [1.82, 2.24) is 5.32 Å². The van der Waals surface area contributed by atoms with Gasteiger partial charge >= 0.3 is 0 Å². The molecule has 0 amide bonds. The smallest absolute Gasteiger partial charge is 0.189 e. The van der Waals surface area contributed by atoms with Gasteiger partial charge in [-0.1, -0.05) is 38.1 Å². The number of rotatable bonds is 4. The lowest BCUT2D eigenvalue weighted by atomic mass is 10.0. The number of aryl methyl sites for hydroxylation is 1. The van der Waals surface area contributed by atoms with Crippen LogP contribution in [-0.4, -0.2) is 12.5 Å². The molecule has 94 valence electrons. The molecule has 3 heteroatoms. The lowest BCUT2D eigenvalue weighted by molar-refractivity contribution is 0.651. The van der Waals surface area contributed by atoms with E-state index in [1.165, 1.54) is 11.1 Å². The van der Waals surface area contributed by atoms with Crippen LogP contribution >= 0.6 is 0 Å². The number of guanidine groups is 1. The van der Waals surface area contributed by atoms with Crippen LogP contribution < -0.4 is 11.1 Å². The predicted octanol–water partition coefficient (Wildman–Crippen LogP) is 2.62. The Kier molecular flexibility index (Phi) is 5.01. The van der Waals surface area contributed by atoms with E-state index in [0.717, 1.165) is 6.54 Å². The van der Waals surface area contributed by atoms with Crippen molar-refractivity contribution in [3.63, 3.8) is 0 Å². The van der Waals surface area contributed by atoms with Gasteiger partial charge in [0.1, 0.15) is 0 Å². The lowest BCUT2D eigenvalue weighted by Gasteiger charge is -2.17. The van der Waals surface area contributed by atoms with Crippen LogP contribution in [-0.2, 0) is 0 Å². The topological polar surface area (TPSA) is 50.4 Å². The van der Waals surface area contributed by atoms with Crippen LogP contribution in [0.3, 0.4) is 0 Å². The minimum atomic E-state index is 0.187. The van der Waals surface area contributed by atoms with Crippen molar-refractivity contribution in [2.75, 3.05) is 6.54 Å². The van der Waals surface area contributed by atoms with Gasteiger partial charge in [-0.05, 0) is 30.9 Å². The van der Waals surface area contributed by atoms with Gasteiger partial charge in [-0.25, -0.2) is 0 Å². The third-order valence-corrected chi connectivity index (χ3v) is 2.65. The molecule has 0 aliphatic heterocycles. The molecule has 0 saturated heterocycles. The number of benzene rings is 1. The van der Waals surface area contributed by atoms with Crippen molar-refractivity contribution < 1.29 is 0 Å². The molecule has 0 radical (unpaired) electrons. The van der Waals surface area contributed by atoms with Crippen LogP contribution in [0.15, 0.2) is 29.3 Å². The molecule has 0 saturated carbocycles. The molecule has 17 heavy (non-hydrogen) atoms. The molecule has 3 nitrogen and oxygen atoms in total. The molecule has 3 N–H and O–H groups in total. The molecule has 0 bridgehead atoms. The Hall–Kier alpha value is -1.51. The van der Waals surface area contributed by atoms with Gasteiger partial charge in [0.15, 0.2) is 5.96 Å². The van der Waals surface area contributed by atoms with Gasteiger partial charge in [0.25, 0.3) is 0 Å². The van der Waals surface area contributed by atoms with E-state index in [1.54, 1.807) is 0 Å². The lowest BCUT2D eigenvalue weighted by Crippen LogP contribution is -2.34. The maximum atomic E-state index is 5.85. The Morgan fingerprint density at radius 2 is 1.94 bits per heavy atom. The van der Waals surface area contributed by atoms with Crippen molar-refractivity contribution in [3.8, 4) is 0 Å².